The molecule has 0 aliphatic carbocycles. The summed E-state index contributed by atoms with van der Waals surface area (Å²) in [6.07, 6.45) is 5.15. The van der Waals surface area contributed by atoms with E-state index in [0.717, 1.165) is 59.3 Å². The van der Waals surface area contributed by atoms with Gasteiger partial charge in [-0.25, -0.2) is 4.68 Å². The van der Waals surface area contributed by atoms with Crippen LogP contribution in [0.5, 0.6) is 0 Å². The van der Waals surface area contributed by atoms with Crippen LogP contribution < -0.4 is 5.32 Å². The first-order chi connectivity index (χ1) is 11.7. The van der Waals surface area contributed by atoms with Gasteiger partial charge in [0, 0.05) is 23.3 Å². The molecule has 4 nitrogen and oxygen atoms in total. The molecule has 1 aliphatic heterocycles. The molecule has 3 aromatic rings. The minimum atomic E-state index is 0.743. The van der Waals surface area contributed by atoms with Gasteiger partial charge in [-0.1, -0.05) is 17.7 Å². The highest BCUT2D eigenvalue weighted by atomic mass is 35.5. The first-order valence-electron chi connectivity index (χ1n) is 8.28. The second kappa shape index (κ2) is 6.29. The molecule has 5 heteroatoms. The smallest absolute Gasteiger partial charge is 0.133 e. The van der Waals surface area contributed by atoms with E-state index in [4.69, 9.17) is 16.7 Å². The van der Waals surface area contributed by atoms with Crippen molar-refractivity contribution in [2.75, 3.05) is 11.9 Å². The molecule has 0 spiro atoms. The minimum Gasteiger partial charge on any atom is -0.370 e. The monoisotopic (exact) mass is 338 g/mol. The molecule has 1 aromatic carbocycles. The summed E-state index contributed by atoms with van der Waals surface area (Å²) in [6.45, 7) is 3.03. The molecule has 0 atom stereocenters. The van der Waals surface area contributed by atoms with E-state index >= 15 is 0 Å². The first kappa shape index (κ1) is 15.2. The molecule has 1 aliphatic rings. The molecule has 4 rings (SSSR count). The Kier molecular flexibility index (Phi) is 3.98. The van der Waals surface area contributed by atoms with Crippen LogP contribution in [0.4, 0.5) is 5.82 Å². The SMILES string of the molecule is Cc1cc(Cl)ccc1-n1nc(-c2ccccn2)c2c1NCCCC2. The van der Waals surface area contributed by atoms with Crippen molar-refractivity contribution in [3.8, 4) is 17.1 Å². The summed E-state index contributed by atoms with van der Waals surface area (Å²) in [5, 5.41) is 9.22. The highest BCUT2D eigenvalue weighted by molar-refractivity contribution is 6.30. The maximum Gasteiger partial charge on any atom is 0.133 e. The summed E-state index contributed by atoms with van der Waals surface area (Å²) in [6, 6.07) is 11.9. The van der Waals surface area contributed by atoms with Crippen LogP contribution in [0.25, 0.3) is 17.1 Å². The van der Waals surface area contributed by atoms with Crippen molar-refractivity contribution in [1.82, 2.24) is 14.8 Å². The number of anilines is 1. The van der Waals surface area contributed by atoms with Gasteiger partial charge in [0.05, 0.1) is 11.4 Å². The Hall–Kier alpha value is -2.33. The van der Waals surface area contributed by atoms with Crippen LogP contribution in [-0.2, 0) is 6.42 Å². The topological polar surface area (TPSA) is 42.7 Å². The molecule has 0 bridgehead atoms. The Labute approximate surface area is 146 Å². The lowest BCUT2D eigenvalue weighted by Crippen LogP contribution is -2.08. The van der Waals surface area contributed by atoms with Crippen LogP contribution in [-0.4, -0.2) is 21.3 Å². The summed E-state index contributed by atoms with van der Waals surface area (Å²) < 4.78 is 2.01. The van der Waals surface area contributed by atoms with E-state index in [9.17, 15) is 0 Å². The van der Waals surface area contributed by atoms with Gasteiger partial charge in [0.1, 0.15) is 11.5 Å². The van der Waals surface area contributed by atoms with Crippen molar-refractivity contribution >= 4 is 17.4 Å². The van der Waals surface area contributed by atoms with E-state index in [1.54, 1.807) is 0 Å². The Bertz CT molecular complexity index is 871. The van der Waals surface area contributed by atoms with Crippen LogP contribution in [0.1, 0.15) is 24.0 Å². The van der Waals surface area contributed by atoms with Crippen molar-refractivity contribution < 1.29 is 0 Å². The summed E-state index contributed by atoms with van der Waals surface area (Å²) in [5.74, 6) is 1.08. The zero-order valence-corrected chi connectivity index (χ0v) is 14.3. The van der Waals surface area contributed by atoms with Crippen LogP contribution in [0.3, 0.4) is 0 Å². The highest BCUT2D eigenvalue weighted by Gasteiger charge is 2.22. The number of hydrogen-bond acceptors (Lipinski definition) is 3. The van der Waals surface area contributed by atoms with Crippen LogP contribution in [0.2, 0.25) is 5.02 Å². The molecule has 122 valence electrons. The third-order valence-corrected chi connectivity index (χ3v) is 4.66. The van der Waals surface area contributed by atoms with Crippen molar-refractivity contribution in [2.24, 2.45) is 0 Å². The Morgan fingerprint density at radius 3 is 2.88 bits per heavy atom. The van der Waals surface area contributed by atoms with Crippen LogP contribution >= 0.6 is 11.6 Å². The van der Waals surface area contributed by atoms with Gasteiger partial charge in [-0.2, -0.15) is 5.10 Å². The normalized spacial score (nSPS) is 13.9. The largest absolute Gasteiger partial charge is 0.370 e. The molecular weight excluding hydrogens is 320 g/mol. The fourth-order valence-electron chi connectivity index (χ4n) is 3.24. The third kappa shape index (κ3) is 2.67. The van der Waals surface area contributed by atoms with Gasteiger partial charge in [0.15, 0.2) is 0 Å². The standard InChI is InChI=1S/C19H19ClN4/c1-13-12-14(20)8-9-17(13)24-19-15(6-2-4-11-22-19)18(23-24)16-7-3-5-10-21-16/h3,5,7-10,12,22H,2,4,6,11H2,1H3. The summed E-state index contributed by atoms with van der Waals surface area (Å²) in [7, 11) is 0. The van der Waals surface area contributed by atoms with Crippen molar-refractivity contribution in [2.45, 2.75) is 26.2 Å². The average molecular weight is 339 g/mol. The molecular formula is C19H19ClN4. The molecule has 1 N–H and O–H groups in total. The molecule has 2 aromatic heterocycles. The van der Waals surface area contributed by atoms with Crippen molar-refractivity contribution in [3.05, 3.63) is 58.7 Å². The van der Waals surface area contributed by atoms with Gasteiger partial charge in [0.2, 0.25) is 0 Å². The number of rotatable bonds is 2. The fraction of sp³-hybridized carbons (Fsp3) is 0.263. The summed E-state index contributed by atoms with van der Waals surface area (Å²) in [5.41, 5.74) is 5.29. The number of hydrogen-bond donors (Lipinski definition) is 1. The summed E-state index contributed by atoms with van der Waals surface area (Å²) >= 11 is 6.12. The maximum atomic E-state index is 6.12. The predicted octanol–water partition coefficient (Wildman–Crippen LogP) is 4.64. The molecule has 0 fully saturated rings. The zero-order valence-electron chi connectivity index (χ0n) is 13.6. The number of fused-ring (bicyclic) bond motifs is 1. The second-order valence-corrected chi connectivity index (χ2v) is 6.55. The van der Waals surface area contributed by atoms with Crippen LogP contribution in [0.15, 0.2) is 42.6 Å². The number of halogens is 1. The van der Waals surface area contributed by atoms with Gasteiger partial charge >= 0.3 is 0 Å². The second-order valence-electron chi connectivity index (χ2n) is 6.12. The van der Waals surface area contributed by atoms with E-state index in [1.165, 1.54) is 5.56 Å². The molecule has 0 saturated heterocycles. The molecule has 0 unspecified atom stereocenters. The van der Waals surface area contributed by atoms with Gasteiger partial charge in [-0.3, -0.25) is 4.98 Å². The minimum absolute atomic E-state index is 0.743. The first-order valence-corrected chi connectivity index (χ1v) is 8.65. The number of aryl methyl sites for hydroxylation is 1. The van der Waals surface area contributed by atoms with Gasteiger partial charge in [0.25, 0.3) is 0 Å². The Morgan fingerprint density at radius 1 is 1.17 bits per heavy atom. The van der Waals surface area contributed by atoms with E-state index in [2.05, 4.69) is 17.2 Å². The molecule has 3 heterocycles. The summed E-state index contributed by atoms with van der Waals surface area (Å²) in [4.78, 5) is 4.51. The van der Waals surface area contributed by atoms with Crippen molar-refractivity contribution in [3.63, 3.8) is 0 Å². The highest BCUT2D eigenvalue weighted by Crippen LogP contribution is 2.34. The van der Waals surface area contributed by atoms with Crippen LogP contribution in [0, 0.1) is 6.92 Å². The molecule has 0 saturated carbocycles. The van der Waals surface area contributed by atoms with Gasteiger partial charge in [-0.05, 0) is 62.1 Å². The van der Waals surface area contributed by atoms with E-state index in [-0.39, 0.29) is 0 Å². The number of nitrogens with zero attached hydrogens (tertiary/aromatic N) is 3. The lowest BCUT2D eigenvalue weighted by Gasteiger charge is -2.11. The maximum absolute atomic E-state index is 6.12. The third-order valence-electron chi connectivity index (χ3n) is 4.42. The van der Waals surface area contributed by atoms with Gasteiger partial charge < -0.3 is 5.32 Å². The number of pyridine rings is 1. The number of benzene rings is 1. The Morgan fingerprint density at radius 2 is 2.08 bits per heavy atom. The van der Waals surface area contributed by atoms with Gasteiger partial charge in [-0.15, -0.1) is 0 Å². The predicted molar refractivity (Wildman–Crippen MR) is 98.0 cm³/mol. The van der Waals surface area contributed by atoms with E-state index < -0.39 is 0 Å². The zero-order chi connectivity index (χ0) is 16.5. The molecule has 0 amide bonds. The number of aromatic nitrogens is 3. The average Bonchev–Trinajstić information content (AvgIpc) is 2.78. The molecule has 24 heavy (non-hydrogen) atoms. The lowest BCUT2D eigenvalue weighted by molar-refractivity contribution is 0.779. The van der Waals surface area contributed by atoms with Crippen molar-refractivity contribution in [1.29, 1.82) is 0 Å². The van der Waals surface area contributed by atoms with E-state index in [1.807, 2.05) is 47.3 Å². The lowest BCUT2D eigenvalue weighted by atomic mass is 10.1. The fourth-order valence-corrected chi connectivity index (χ4v) is 3.47. The molecule has 0 radical (unpaired) electrons. The number of nitrogens with one attached hydrogen (secondary N) is 1. The Balaban J connectivity index is 1.93. The quantitative estimate of drug-likeness (QED) is 0.740. The van der Waals surface area contributed by atoms with E-state index in [0.29, 0.717) is 0 Å².